The quantitative estimate of drug-likeness (QED) is 0.575. The fourth-order valence-electron chi connectivity index (χ4n) is 2.86. The Morgan fingerprint density at radius 1 is 1.00 bits per heavy atom. The number of rotatable bonds is 4. The molecule has 1 aromatic carbocycles. The molecule has 0 bridgehead atoms. The minimum atomic E-state index is -0.223. The number of hydrogen-bond acceptors (Lipinski definition) is 2. The van der Waals surface area contributed by atoms with Gasteiger partial charge in [0, 0.05) is 6.08 Å². The summed E-state index contributed by atoms with van der Waals surface area (Å²) in [6.07, 6.45) is 13.7. The van der Waals surface area contributed by atoms with Crippen LogP contribution >= 0.6 is 0 Å². The second-order valence-electron chi connectivity index (χ2n) is 5.94. The summed E-state index contributed by atoms with van der Waals surface area (Å²) in [5, 5.41) is 0. The number of benzene rings is 1. The minimum absolute atomic E-state index is 0.223. The Balaban J connectivity index is 1.73. The normalized spacial score (nSPS) is 17.9. The average Bonchev–Trinajstić information content (AvgIpc) is 2.65. The lowest BCUT2D eigenvalue weighted by Gasteiger charge is -2.15. The van der Waals surface area contributed by atoms with Crippen molar-refractivity contribution in [1.82, 2.24) is 0 Å². The van der Waals surface area contributed by atoms with E-state index >= 15 is 0 Å². The van der Waals surface area contributed by atoms with Crippen molar-refractivity contribution in [2.75, 3.05) is 6.61 Å². The van der Waals surface area contributed by atoms with Crippen LogP contribution in [0.2, 0.25) is 0 Å². The van der Waals surface area contributed by atoms with E-state index in [0.29, 0.717) is 12.5 Å². The molecule has 0 aliphatic heterocycles. The van der Waals surface area contributed by atoms with Crippen LogP contribution in [0.1, 0.15) is 56.9 Å². The Hall–Kier alpha value is -1.57. The fraction of sp³-hybridized carbons (Fsp3) is 0.526. The number of carbonyl (C=O) groups is 1. The molecule has 2 nitrogen and oxygen atoms in total. The third-order valence-electron chi connectivity index (χ3n) is 4.15. The maximum atomic E-state index is 11.8. The maximum Gasteiger partial charge on any atom is 0.330 e. The highest BCUT2D eigenvalue weighted by molar-refractivity contribution is 5.87. The van der Waals surface area contributed by atoms with Crippen LogP contribution in [0.15, 0.2) is 36.4 Å². The van der Waals surface area contributed by atoms with E-state index in [1.807, 2.05) is 36.4 Å². The molecule has 2 heteroatoms. The second kappa shape index (κ2) is 9.38. The first-order valence-corrected chi connectivity index (χ1v) is 8.24. The summed E-state index contributed by atoms with van der Waals surface area (Å²) in [6.45, 7) is 0.581. The van der Waals surface area contributed by atoms with Gasteiger partial charge in [-0.25, -0.2) is 4.79 Å². The molecule has 1 saturated carbocycles. The lowest BCUT2D eigenvalue weighted by molar-refractivity contribution is -0.139. The van der Waals surface area contributed by atoms with Crippen molar-refractivity contribution < 1.29 is 9.53 Å². The summed E-state index contributed by atoms with van der Waals surface area (Å²) in [4.78, 5) is 11.8. The van der Waals surface area contributed by atoms with Crippen molar-refractivity contribution in [3.63, 3.8) is 0 Å². The monoisotopic (exact) mass is 286 g/mol. The molecule has 0 spiro atoms. The zero-order chi connectivity index (χ0) is 14.8. The zero-order valence-corrected chi connectivity index (χ0v) is 12.8. The van der Waals surface area contributed by atoms with Gasteiger partial charge in [-0.15, -0.1) is 0 Å². The molecule has 0 aromatic heterocycles. The largest absolute Gasteiger partial charge is 0.462 e. The molecule has 0 atom stereocenters. The molecule has 114 valence electrons. The molecule has 2 rings (SSSR count). The second-order valence-corrected chi connectivity index (χ2v) is 5.94. The van der Waals surface area contributed by atoms with Crippen molar-refractivity contribution in [2.45, 2.75) is 51.4 Å². The Kier molecular flexibility index (Phi) is 7.06. The van der Waals surface area contributed by atoms with E-state index in [1.54, 1.807) is 0 Å². The molecule has 1 aliphatic rings. The fourth-order valence-corrected chi connectivity index (χ4v) is 2.86. The first kappa shape index (κ1) is 15.8. The van der Waals surface area contributed by atoms with Crippen LogP contribution in [0.3, 0.4) is 0 Å². The highest BCUT2D eigenvalue weighted by atomic mass is 16.5. The van der Waals surface area contributed by atoms with Gasteiger partial charge in [0.25, 0.3) is 0 Å². The van der Waals surface area contributed by atoms with Crippen molar-refractivity contribution in [1.29, 1.82) is 0 Å². The predicted octanol–water partition coefficient (Wildman–Crippen LogP) is 4.99. The van der Waals surface area contributed by atoms with Gasteiger partial charge in [0.15, 0.2) is 0 Å². The smallest absolute Gasteiger partial charge is 0.330 e. The van der Waals surface area contributed by atoms with Crippen molar-refractivity contribution in [2.24, 2.45) is 5.92 Å². The Morgan fingerprint density at radius 3 is 2.29 bits per heavy atom. The third kappa shape index (κ3) is 6.61. The van der Waals surface area contributed by atoms with E-state index in [9.17, 15) is 4.79 Å². The van der Waals surface area contributed by atoms with E-state index in [2.05, 4.69) is 0 Å². The Labute approximate surface area is 128 Å². The summed E-state index contributed by atoms with van der Waals surface area (Å²) in [5.74, 6) is 0.330. The van der Waals surface area contributed by atoms with Gasteiger partial charge in [0.2, 0.25) is 0 Å². The van der Waals surface area contributed by atoms with E-state index in [-0.39, 0.29) is 5.97 Å². The average molecular weight is 286 g/mol. The van der Waals surface area contributed by atoms with Crippen LogP contribution in [-0.4, -0.2) is 12.6 Å². The molecular formula is C19H26O2. The molecule has 1 fully saturated rings. The number of hydrogen-bond donors (Lipinski definition) is 0. The van der Waals surface area contributed by atoms with Crippen LogP contribution in [0.4, 0.5) is 0 Å². The van der Waals surface area contributed by atoms with Crippen LogP contribution in [0.25, 0.3) is 6.08 Å². The molecule has 0 saturated heterocycles. The Morgan fingerprint density at radius 2 is 1.62 bits per heavy atom. The van der Waals surface area contributed by atoms with Crippen LogP contribution in [0.5, 0.6) is 0 Å². The number of ether oxygens (including phenoxy) is 1. The van der Waals surface area contributed by atoms with Gasteiger partial charge in [-0.1, -0.05) is 68.9 Å². The molecule has 1 aromatic rings. The first-order valence-electron chi connectivity index (χ1n) is 8.24. The number of esters is 1. The standard InChI is InChI=1S/C19H26O2/c20-19(15-14-17-10-8-5-9-11-17)21-16-18-12-6-3-1-2-4-7-13-18/h5,8-11,14-15,18H,1-4,6-7,12-13,16H2/b15-14+. The van der Waals surface area contributed by atoms with Crippen molar-refractivity contribution in [3.8, 4) is 0 Å². The number of carbonyl (C=O) groups excluding carboxylic acids is 1. The predicted molar refractivity (Wildman–Crippen MR) is 86.9 cm³/mol. The van der Waals surface area contributed by atoms with Crippen LogP contribution < -0.4 is 0 Å². The van der Waals surface area contributed by atoms with E-state index in [4.69, 9.17) is 4.74 Å². The molecule has 21 heavy (non-hydrogen) atoms. The van der Waals surface area contributed by atoms with Gasteiger partial charge in [0.05, 0.1) is 6.61 Å². The zero-order valence-electron chi connectivity index (χ0n) is 12.8. The summed E-state index contributed by atoms with van der Waals surface area (Å²) >= 11 is 0. The summed E-state index contributed by atoms with van der Waals surface area (Å²) < 4.78 is 5.41. The van der Waals surface area contributed by atoms with E-state index < -0.39 is 0 Å². The Bertz CT molecular complexity index is 426. The molecule has 1 aliphatic carbocycles. The summed E-state index contributed by atoms with van der Waals surface area (Å²) in [6, 6.07) is 9.84. The van der Waals surface area contributed by atoms with Gasteiger partial charge in [-0.05, 0) is 30.4 Å². The molecule has 0 amide bonds. The van der Waals surface area contributed by atoms with E-state index in [0.717, 1.165) is 5.56 Å². The molecule has 0 radical (unpaired) electrons. The van der Waals surface area contributed by atoms with Gasteiger partial charge in [0.1, 0.15) is 0 Å². The molecular weight excluding hydrogens is 260 g/mol. The van der Waals surface area contributed by atoms with Gasteiger partial charge < -0.3 is 4.74 Å². The highest BCUT2D eigenvalue weighted by Gasteiger charge is 2.12. The first-order chi connectivity index (χ1) is 10.3. The van der Waals surface area contributed by atoms with Crippen molar-refractivity contribution >= 4 is 12.0 Å². The van der Waals surface area contributed by atoms with Crippen LogP contribution in [0, 0.1) is 5.92 Å². The third-order valence-corrected chi connectivity index (χ3v) is 4.15. The summed E-state index contributed by atoms with van der Waals surface area (Å²) in [7, 11) is 0. The lowest BCUT2D eigenvalue weighted by Crippen LogP contribution is -2.13. The highest BCUT2D eigenvalue weighted by Crippen LogP contribution is 2.22. The van der Waals surface area contributed by atoms with Gasteiger partial charge in [-0.2, -0.15) is 0 Å². The maximum absolute atomic E-state index is 11.8. The lowest BCUT2D eigenvalue weighted by atomic mass is 9.98. The molecule has 0 heterocycles. The topological polar surface area (TPSA) is 26.3 Å². The van der Waals surface area contributed by atoms with Gasteiger partial charge in [-0.3, -0.25) is 0 Å². The van der Waals surface area contributed by atoms with Gasteiger partial charge >= 0.3 is 5.97 Å². The molecule has 0 N–H and O–H groups in total. The van der Waals surface area contributed by atoms with E-state index in [1.165, 1.54) is 57.4 Å². The molecule has 0 unspecified atom stereocenters. The SMILES string of the molecule is O=C(/C=C/c1ccccc1)OCC1CCCCCCCC1. The van der Waals surface area contributed by atoms with Crippen LogP contribution in [-0.2, 0) is 9.53 Å². The minimum Gasteiger partial charge on any atom is -0.462 e. The summed E-state index contributed by atoms with van der Waals surface area (Å²) in [5.41, 5.74) is 1.02. The van der Waals surface area contributed by atoms with Crippen molar-refractivity contribution in [3.05, 3.63) is 42.0 Å².